The fraction of sp³-hybridized carbons (Fsp3) is 0.909. The summed E-state index contributed by atoms with van der Waals surface area (Å²) in [7, 11) is -3.21. The highest BCUT2D eigenvalue weighted by Crippen LogP contribution is 2.21. The first-order valence-electron chi connectivity index (χ1n) is 6.35. The van der Waals surface area contributed by atoms with Crippen molar-refractivity contribution in [3.05, 3.63) is 0 Å². The van der Waals surface area contributed by atoms with Crippen molar-refractivity contribution in [1.29, 1.82) is 0 Å². The highest BCUT2D eigenvalue weighted by Gasteiger charge is 2.37. The normalized spacial score (nSPS) is 21.7. The van der Waals surface area contributed by atoms with Gasteiger partial charge in [0, 0.05) is 12.6 Å². The zero-order valence-corrected chi connectivity index (χ0v) is 12.0. The van der Waals surface area contributed by atoms with Gasteiger partial charge < -0.3 is 9.64 Å². The summed E-state index contributed by atoms with van der Waals surface area (Å²) in [5.74, 6) is -0.259. The molecule has 0 radical (unpaired) electrons. The molecule has 0 saturated carbocycles. The minimum Gasteiger partial charge on any atom is -0.440 e. The van der Waals surface area contributed by atoms with Gasteiger partial charge in [-0.15, -0.1) is 0 Å². The lowest BCUT2D eigenvalue weighted by atomic mass is 10.2. The van der Waals surface area contributed by atoms with Gasteiger partial charge in [-0.2, -0.15) is 13.2 Å². The van der Waals surface area contributed by atoms with Crippen LogP contribution < -0.4 is 0 Å². The van der Waals surface area contributed by atoms with E-state index in [0.717, 1.165) is 11.3 Å². The standard InChI is InChI=1S/C11H18F3NO4S/c1-2-3-5-15(9-4-6-20(17,18)7-9)10(16)19-8-11(12,13)14/h9H,2-8H2,1H3. The third-order valence-electron chi connectivity index (χ3n) is 3.00. The van der Waals surface area contributed by atoms with Gasteiger partial charge in [0.15, 0.2) is 16.4 Å². The van der Waals surface area contributed by atoms with Crippen molar-refractivity contribution in [2.24, 2.45) is 0 Å². The molecule has 1 aliphatic rings. The molecule has 0 spiro atoms. The van der Waals surface area contributed by atoms with Crippen LogP contribution in [0.1, 0.15) is 26.2 Å². The molecule has 0 aromatic carbocycles. The number of nitrogens with zero attached hydrogens (tertiary/aromatic N) is 1. The van der Waals surface area contributed by atoms with Gasteiger partial charge in [-0.1, -0.05) is 13.3 Å². The Hall–Kier alpha value is -0.990. The summed E-state index contributed by atoms with van der Waals surface area (Å²) in [6.07, 6.45) is -4.13. The van der Waals surface area contributed by atoms with Crippen LogP contribution >= 0.6 is 0 Å². The predicted octanol–water partition coefficient (Wildman–Crippen LogP) is 1.97. The maximum Gasteiger partial charge on any atom is 0.422 e. The van der Waals surface area contributed by atoms with Crippen LogP contribution in [0.5, 0.6) is 0 Å². The van der Waals surface area contributed by atoms with Crippen molar-refractivity contribution < 1.29 is 31.1 Å². The van der Waals surface area contributed by atoms with Crippen LogP contribution in [0.25, 0.3) is 0 Å². The fourth-order valence-electron chi connectivity index (χ4n) is 2.00. The molecule has 0 aliphatic carbocycles. The number of amides is 1. The minimum absolute atomic E-state index is 0.0488. The molecular formula is C11H18F3NO4S. The Labute approximate surface area is 116 Å². The largest absolute Gasteiger partial charge is 0.440 e. The molecule has 0 N–H and O–H groups in total. The average Bonchev–Trinajstić information content (AvgIpc) is 2.66. The first kappa shape index (κ1) is 17.1. The number of alkyl halides is 3. The van der Waals surface area contributed by atoms with Gasteiger partial charge in [-0.3, -0.25) is 0 Å². The van der Waals surface area contributed by atoms with Crippen LogP contribution in [0.3, 0.4) is 0 Å². The molecule has 1 heterocycles. The van der Waals surface area contributed by atoms with E-state index < -0.39 is 34.8 Å². The van der Waals surface area contributed by atoms with Crippen LogP contribution in [-0.2, 0) is 14.6 Å². The molecule has 0 bridgehead atoms. The molecule has 0 aromatic heterocycles. The quantitative estimate of drug-likeness (QED) is 0.778. The molecule has 20 heavy (non-hydrogen) atoms. The third-order valence-corrected chi connectivity index (χ3v) is 4.75. The number of halogens is 3. The Morgan fingerprint density at radius 2 is 2.05 bits per heavy atom. The molecule has 9 heteroatoms. The zero-order chi connectivity index (χ0) is 15.4. The van der Waals surface area contributed by atoms with E-state index in [-0.39, 0.29) is 24.5 Å². The van der Waals surface area contributed by atoms with E-state index in [2.05, 4.69) is 4.74 Å². The Morgan fingerprint density at radius 1 is 1.40 bits per heavy atom. The van der Waals surface area contributed by atoms with E-state index in [1.54, 1.807) is 0 Å². The second-order valence-corrected chi connectivity index (χ2v) is 7.00. The number of hydrogen-bond donors (Lipinski definition) is 0. The Morgan fingerprint density at radius 3 is 2.50 bits per heavy atom. The number of unbranched alkanes of at least 4 members (excludes halogenated alkanes) is 1. The lowest BCUT2D eigenvalue weighted by molar-refractivity contribution is -0.162. The number of hydrogen-bond acceptors (Lipinski definition) is 4. The summed E-state index contributed by atoms with van der Waals surface area (Å²) < 4.78 is 63.1. The van der Waals surface area contributed by atoms with Gasteiger partial charge in [0.25, 0.3) is 0 Å². The maximum atomic E-state index is 12.0. The van der Waals surface area contributed by atoms with Crippen LogP contribution in [0.15, 0.2) is 0 Å². The van der Waals surface area contributed by atoms with Gasteiger partial charge in [0.05, 0.1) is 11.5 Å². The summed E-state index contributed by atoms with van der Waals surface area (Å²) in [5, 5.41) is 0. The van der Waals surface area contributed by atoms with E-state index in [4.69, 9.17) is 0 Å². The molecule has 5 nitrogen and oxygen atoms in total. The first-order valence-corrected chi connectivity index (χ1v) is 8.17. The van der Waals surface area contributed by atoms with Crippen LogP contribution in [0, 0.1) is 0 Å². The fourth-order valence-corrected chi connectivity index (χ4v) is 3.73. The van der Waals surface area contributed by atoms with Crippen LogP contribution in [-0.4, -0.2) is 56.3 Å². The Kier molecular flexibility index (Phi) is 5.67. The summed E-state index contributed by atoms with van der Waals surface area (Å²) >= 11 is 0. The van der Waals surface area contributed by atoms with Crippen molar-refractivity contribution in [1.82, 2.24) is 4.90 Å². The van der Waals surface area contributed by atoms with Crippen LogP contribution in [0.4, 0.5) is 18.0 Å². The second-order valence-electron chi connectivity index (χ2n) is 4.77. The third kappa shape index (κ3) is 5.56. The zero-order valence-electron chi connectivity index (χ0n) is 11.1. The van der Waals surface area contributed by atoms with E-state index in [1.165, 1.54) is 0 Å². The highest BCUT2D eigenvalue weighted by atomic mass is 32.2. The number of ether oxygens (including phenoxy) is 1. The number of sulfone groups is 1. The summed E-state index contributed by atoms with van der Waals surface area (Å²) in [6, 6.07) is -0.590. The van der Waals surface area contributed by atoms with Crippen molar-refractivity contribution in [2.75, 3.05) is 24.7 Å². The van der Waals surface area contributed by atoms with Gasteiger partial charge in [0.1, 0.15) is 0 Å². The van der Waals surface area contributed by atoms with Gasteiger partial charge >= 0.3 is 12.3 Å². The SMILES string of the molecule is CCCCN(C(=O)OCC(F)(F)F)C1CCS(=O)(=O)C1. The molecule has 1 aliphatic heterocycles. The number of carbonyl (C=O) groups excluding carboxylic acids is 1. The number of rotatable bonds is 5. The molecule has 1 saturated heterocycles. The van der Waals surface area contributed by atoms with E-state index in [1.807, 2.05) is 6.92 Å². The molecule has 1 fully saturated rings. The Bertz CT molecular complexity index is 435. The van der Waals surface area contributed by atoms with Crippen molar-refractivity contribution in [3.8, 4) is 0 Å². The van der Waals surface area contributed by atoms with E-state index in [0.29, 0.717) is 6.42 Å². The molecule has 1 amide bonds. The molecule has 1 rings (SSSR count). The molecule has 1 unspecified atom stereocenters. The van der Waals surface area contributed by atoms with E-state index in [9.17, 15) is 26.4 Å². The summed E-state index contributed by atoms with van der Waals surface area (Å²) in [4.78, 5) is 12.8. The minimum atomic E-state index is -4.59. The van der Waals surface area contributed by atoms with Gasteiger partial charge in [-0.25, -0.2) is 13.2 Å². The highest BCUT2D eigenvalue weighted by molar-refractivity contribution is 7.91. The van der Waals surface area contributed by atoms with Gasteiger partial charge in [-0.05, 0) is 12.8 Å². The van der Waals surface area contributed by atoms with Gasteiger partial charge in [0.2, 0.25) is 0 Å². The molecule has 118 valence electrons. The first-order chi connectivity index (χ1) is 9.14. The second kappa shape index (κ2) is 6.64. The monoisotopic (exact) mass is 317 g/mol. The van der Waals surface area contributed by atoms with Crippen LogP contribution in [0.2, 0.25) is 0 Å². The molecule has 0 aromatic rings. The smallest absolute Gasteiger partial charge is 0.422 e. The lowest BCUT2D eigenvalue weighted by Crippen LogP contribution is -2.43. The number of carbonyl (C=O) groups is 1. The summed E-state index contributed by atoms with van der Waals surface area (Å²) in [5.41, 5.74) is 0. The predicted molar refractivity (Wildman–Crippen MR) is 66.1 cm³/mol. The lowest BCUT2D eigenvalue weighted by Gasteiger charge is -2.27. The average molecular weight is 317 g/mol. The van der Waals surface area contributed by atoms with E-state index >= 15 is 0 Å². The van der Waals surface area contributed by atoms with Crippen molar-refractivity contribution >= 4 is 15.9 Å². The topological polar surface area (TPSA) is 63.7 Å². The maximum absolute atomic E-state index is 12.0. The molecule has 1 atom stereocenters. The Balaban J connectivity index is 2.66. The molecular weight excluding hydrogens is 299 g/mol. The van der Waals surface area contributed by atoms with Crippen molar-refractivity contribution in [2.45, 2.75) is 38.4 Å². The van der Waals surface area contributed by atoms with Crippen molar-refractivity contribution in [3.63, 3.8) is 0 Å². The summed E-state index contributed by atoms with van der Waals surface area (Å²) in [6.45, 7) is 0.409.